The Morgan fingerprint density at radius 1 is 0.700 bits per heavy atom. The van der Waals surface area contributed by atoms with Crippen molar-refractivity contribution in [3.8, 4) is 0 Å². The van der Waals surface area contributed by atoms with Crippen LogP contribution in [0.5, 0.6) is 0 Å². The van der Waals surface area contributed by atoms with Gasteiger partial charge in [-0.15, -0.1) is 0 Å². The van der Waals surface area contributed by atoms with Gasteiger partial charge in [0.15, 0.2) is 0 Å². The van der Waals surface area contributed by atoms with Crippen molar-refractivity contribution < 1.29 is 14.7 Å². The second-order valence-corrected chi connectivity index (χ2v) is 7.20. The molecule has 0 fully saturated rings. The van der Waals surface area contributed by atoms with Crippen molar-refractivity contribution in [2.24, 2.45) is 0 Å². The van der Waals surface area contributed by atoms with Crippen LogP contribution >= 0.6 is 0 Å². The molecule has 0 radical (unpaired) electrons. The zero-order valence-electron chi connectivity index (χ0n) is 16.9. The molecule has 3 N–H and O–H groups in total. The highest BCUT2D eigenvalue weighted by molar-refractivity contribution is 5.93. The molecule has 3 rings (SSSR count). The number of hydrogen-bond donors (Lipinski definition) is 3. The minimum atomic E-state index is -0.873. The van der Waals surface area contributed by atoms with Gasteiger partial charge in [-0.25, -0.2) is 0 Å². The number of rotatable bonds is 8. The van der Waals surface area contributed by atoms with Crippen LogP contribution in [0.3, 0.4) is 0 Å². The van der Waals surface area contributed by atoms with E-state index in [0.29, 0.717) is 5.56 Å². The summed E-state index contributed by atoms with van der Waals surface area (Å²) in [6.07, 6.45) is 0. The van der Waals surface area contributed by atoms with E-state index < -0.39 is 18.0 Å². The van der Waals surface area contributed by atoms with E-state index in [4.69, 9.17) is 0 Å². The maximum Gasteiger partial charge on any atom is 0.247 e. The molecule has 0 saturated heterocycles. The fourth-order valence-electron chi connectivity index (χ4n) is 3.33. The summed E-state index contributed by atoms with van der Waals surface area (Å²) in [4.78, 5) is 26.4. The van der Waals surface area contributed by atoms with Gasteiger partial charge in [-0.3, -0.25) is 9.59 Å². The Hall–Kier alpha value is -3.44. The lowest BCUT2D eigenvalue weighted by Crippen LogP contribution is -2.45. The zero-order valence-corrected chi connectivity index (χ0v) is 16.9. The summed E-state index contributed by atoms with van der Waals surface area (Å²) in [6.45, 7) is 1.52. The fourth-order valence-corrected chi connectivity index (χ4v) is 3.33. The summed E-state index contributed by atoms with van der Waals surface area (Å²) in [5, 5.41) is 15.0. The molecular formula is C25H26N2O3. The molecule has 30 heavy (non-hydrogen) atoms. The van der Waals surface area contributed by atoms with Gasteiger partial charge in [0, 0.05) is 6.04 Å². The number of hydrogen-bond acceptors (Lipinski definition) is 3. The van der Waals surface area contributed by atoms with Crippen molar-refractivity contribution in [2.45, 2.75) is 24.9 Å². The molecule has 3 aromatic rings. The highest BCUT2D eigenvalue weighted by Crippen LogP contribution is 2.26. The average molecular weight is 402 g/mol. The van der Waals surface area contributed by atoms with Crippen LogP contribution in [-0.2, 0) is 9.59 Å². The Balaban J connectivity index is 1.93. The van der Waals surface area contributed by atoms with Gasteiger partial charge in [-0.2, -0.15) is 0 Å². The number of carbonyl (C=O) groups is 2. The predicted molar refractivity (Wildman–Crippen MR) is 117 cm³/mol. The first-order valence-corrected chi connectivity index (χ1v) is 9.96. The lowest BCUT2D eigenvalue weighted by atomic mass is 9.90. The number of nitrogens with one attached hydrogen (secondary N) is 2. The summed E-state index contributed by atoms with van der Waals surface area (Å²) < 4.78 is 0. The third-order valence-corrected chi connectivity index (χ3v) is 4.87. The highest BCUT2D eigenvalue weighted by atomic mass is 16.3. The Bertz CT molecular complexity index is 906. The monoisotopic (exact) mass is 402 g/mol. The van der Waals surface area contributed by atoms with Crippen LogP contribution in [0.15, 0.2) is 91.0 Å². The molecule has 2 atom stereocenters. The molecule has 0 unspecified atom stereocenters. The Morgan fingerprint density at radius 3 is 1.57 bits per heavy atom. The molecule has 0 aliphatic carbocycles. The van der Waals surface area contributed by atoms with E-state index in [1.54, 1.807) is 19.1 Å². The summed E-state index contributed by atoms with van der Waals surface area (Å²) in [5.74, 6) is -1.19. The highest BCUT2D eigenvalue weighted by Gasteiger charge is 2.29. The zero-order chi connectivity index (χ0) is 21.3. The van der Waals surface area contributed by atoms with E-state index in [1.807, 2.05) is 78.9 Å². The largest absolute Gasteiger partial charge is 0.394 e. The first-order chi connectivity index (χ1) is 14.6. The number of amides is 2. The van der Waals surface area contributed by atoms with Crippen LogP contribution in [0.25, 0.3) is 0 Å². The summed E-state index contributed by atoms with van der Waals surface area (Å²) in [6, 6.07) is 26.8. The third kappa shape index (κ3) is 5.33. The van der Waals surface area contributed by atoms with E-state index >= 15 is 0 Å². The number of aliphatic hydroxyl groups excluding tert-OH is 1. The summed E-state index contributed by atoms with van der Waals surface area (Å²) >= 11 is 0. The van der Waals surface area contributed by atoms with Gasteiger partial charge in [-0.05, 0) is 23.6 Å². The quantitative estimate of drug-likeness (QED) is 0.542. The van der Waals surface area contributed by atoms with Crippen LogP contribution in [-0.4, -0.2) is 29.6 Å². The van der Waals surface area contributed by atoms with Gasteiger partial charge in [0.1, 0.15) is 6.04 Å². The number of aliphatic hydroxyl groups is 1. The van der Waals surface area contributed by atoms with Crippen LogP contribution in [0, 0.1) is 0 Å². The summed E-state index contributed by atoms with van der Waals surface area (Å²) in [7, 11) is 0. The van der Waals surface area contributed by atoms with Crippen LogP contribution in [0.4, 0.5) is 0 Å². The van der Waals surface area contributed by atoms with Crippen LogP contribution in [0.1, 0.15) is 35.6 Å². The van der Waals surface area contributed by atoms with Crippen molar-refractivity contribution >= 4 is 11.8 Å². The molecule has 0 aromatic heterocycles. The van der Waals surface area contributed by atoms with Crippen molar-refractivity contribution in [3.05, 3.63) is 108 Å². The van der Waals surface area contributed by atoms with Crippen molar-refractivity contribution in [1.82, 2.24) is 10.6 Å². The molecule has 5 nitrogen and oxygen atoms in total. The molecule has 0 bridgehead atoms. The maximum absolute atomic E-state index is 13.4. The molecule has 0 saturated carbocycles. The molecule has 0 heterocycles. The Kier molecular flexibility index (Phi) is 7.35. The molecule has 2 amide bonds. The topological polar surface area (TPSA) is 78.4 Å². The van der Waals surface area contributed by atoms with E-state index in [0.717, 1.165) is 11.1 Å². The molecular weight excluding hydrogens is 376 g/mol. The molecule has 0 aliphatic heterocycles. The molecule has 0 spiro atoms. The minimum Gasteiger partial charge on any atom is -0.394 e. The molecule has 0 aliphatic rings. The van der Waals surface area contributed by atoms with E-state index in [-0.39, 0.29) is 18.4 Å². The van der Waals surface area contributed by atoms with Gasteiger partial charge >= 0.3 is 0 Å². The van der Waals surface area contributed by atoms with Gasteiger partial charge < -0.3 is 15.7 Å². The summed E-state index contributed by atoms with van der Waals surface area (Å²) in [5.41, 5.74) is 2.36. The van der Waals surface area contributed by atoms with Crippen molar-refractivity contribution in [1.29, 1.82) is 0 Å². The van der Waals surface area contributed by atoms with Gasteiger partial charge in [0.2, 0.25) is 11.8 Å². The molecule has 3 aromatic carbocycles. The average Bonchev–Trinajstić information content (AvgIpc) is 2.79. The van der Waals surface area contributed by atoms with E-state index in [1.165, 1.54) is 0 Å². The van der Waals surface area contributed by atoms with Gasteiger partial charge in [0.05, 0.1) is 12.5 Å². The van der Waals surface area contributed by atoms with Crippen molar-refractivity contribution in [3.63, 3.8) is 0 Å². The number of benzene rings is 3. The second-order valence-electron chi connectivity index (χ2n) is 7.20. The first-order valence-electron chi connectivity index (χ1n) is 9.96. The lowest BCUT2D eigenvalue weighted by molar-refractivity contribution is -0.130. The first kappa shape index (κ1) is 21.3. The Morgan fingerprint density at radius 2 is 1.13 bits per heavy atom. The number of carbonyl (C=O) groups excluding carboxylic acids is 2. The van der Waals surface area contributed by atoms with Crippen LogP contribution < -0.4 is 10.6 Å². The van der Waals surface area contributed by atoms with E-state index in [9.17, 15) is 14.7 Å². The van der Waals surface area contributed by atoms with Gasteiger partial charge in [-0.1, -0.05) is 91.0 Å². The fraction of sp³-hybridized carbons (Fsp3) is 0.200. The maximum atomic E-state index is 13.4. The third-order valence-electron chi connectivity index (χ3n) is 4.87. The SMILES string of the molecule is C[C@H](CO)NC(=O)[C@H](NC(=O)C(c1ccccc1)c1ccccc1)c1ccccc1. The van der Waals surface area contributed by atoms with Gasteiger partial charge in [0.25, 0.3) is 0 Å². The normalized spacial score (nSPS) is 12.8. The standard InChI is InChI=1S/C25H26N2O3/c1-18(17-28)26-25(30)23(21-15-9-4-10-16-21)27-24(29)22(19-11-5-2-6-12-19)20-13-7-3-8-14-20/h2-16,18,22-23,28H,17H2,1H3,(H,26,30)(H,27,29)/t18-,23-/m1/s1. The Labute approximate surface area is 176 Å². The minimum absolute atomic E-state index is 0.183. The van der Waals surface area contributed by atoms with Crippen LogP contribution in [0.2, 0.25) is 0 Å². The molecule has 154 valence electrons. The second kappa shape index (κ2) is 10.4. The predicted octanol–water partition coefficient (Wildman–Crippen LogP) is 3.17. The molecule has 5 heteroatoms. The lowest BCUT2D eigenvalue weighted by Gasteiger charge is -2.24. The van der Waals surface area contributed by atoms with Crippen molar-refractivity contribution in [2.75, 3.05) is 6.61 Å². The van der Waals surface area contributed by atoms with E-state index in [2.05, 4.69) is 10.6 Å². The smallest absolute Gasteiger partial charge is 0.247 e.